The van der Waals surface area contributed by atoms with Crippen LogP contribution in [0.2, 0.25) is 0 Å². The summed E-state index contributed by atoms with van der Waals surface area (Å²) in [6.45, 7) is 1.36. The second-order valence-electron chi connectivity index (χ2n) is 6.69. The van der Waals surface area contributed by atoms with E-state index in [1.807, 2.05) is 12.1 Å². The molecule has 0 spiro atoms. The lowest BCUT2D eigenvalue weighted by Crippen LogP contribution is -2.26. The number of fused-ring (bicyclic) bond motifs is 4. The van der Waals surface area contributed by atoms with Crippen molar-refractivity contribution in [1.29, 1.82) is 0 Å². The molecule has 0 unspecified atom stereocenters. The zero-order valence-electron chi connectivity index (χ0n) is 15.9. The maximum Gasteiger partial charge on any atom is 0.411 e. The number of hydrogen-bond donors (Lipinski definition) is 5. The third-order valence-corrected chi connectivity index (χ3v) is 4.61. The van der Waals surface area contributed by atoms with Crippen LogP contribution in [0.4, 0.5) is 16.2 Å². The van der Waals surface area contributed by atoms with Crippen molar-refractivity contribution in [2.45, 2.75) is 31.7 Å². The van der Waals surface area contributed by atoms with Gasteiger partial charge in [0.15, 0.2) is 0 Å². The molecule has 9 nitrogen and oxygen atoms in total. The van der Waals surface area contributed by atoms with Crippen LogP contribution in [0, 0.1) is 0 Å². The Morgan fingerprint density at radius 3 is 2.86 bits per heavy atom. The molecular formula is C19H26N6O3. The molecule has 2 aromatic rings. The van der Waals surface area contributed by atoms with Gasteiger partial charge >= 0.3 is 6.09 Å². The predicted molar refractivity (Wildman–Crippen MR) is 107 cm³/mol. The molecule has 2 amide bonds. The largest absolute Gasteiger partial charge is 0.453 e. The Morgan fingerprint density at radius 1 is 1.29 bits per heavy atom. The van der Waals surface area contributed by atoms with Crippen LogP contribution in [0.5, 0.6) is 0 Å². The number of ether oxygens (including phenoxy) is 1. The Morgan fingerprint density at radius 2 is 2.07 bits per heavy atom. The maximum absolute atomic E-state index is 11.9. The van der Waals surface area contributed by atoms with E-state index < -0.39 is 6.09 Å². The van der Waals surface area contributed by atoms with E-state index in [9.17, 15) is 9.59 Å². The van der Waals surface area contributed by atoms with Gasteiger partial charge in [0.25, 0.3) is 0 Å². The minimum Gasteiger partial charge on any atom is -0.453 e. The van der Waals surface area contributed by atoms with Crippen LogP contribution in [0.25, 0.3) is 11.3 Å². The van der Waals surface area contributed by atoms with Crippen molar-refractivity contribution >= 4 is 23.4 Å². The Hall–Kier alpha value is -3.07. The van der Waals surface area contributed by atoms with Gasteiger partial charge in [0.2, 0.25) is 5.91 Å². The standard InChI is InChI=1S/C19H26N6O3/c1-28-19(27)24-12-4-5-13-15(10-12)21-8-2-3-9-22-17(26)7-6-14(20)18-23-11-16(13)25-18/h4-5,10-11,14,21H,2-3,6-9,20H2,1H3,(H,22,26)(H,23,25)(H,24,27)/t14-/m0/s1. The Balaban J connectivity index is 1.89. The number of methoxy groups -OCH3 is 1. The van der Waals surface area contributed by atoms with Gasteiger partial charge in [-0.2, -0.15) is 0 Å². The fourth-order valence-electron chi connectivity index (χ4n) is 3.05. The molecule has 0 radical (unpaired) electrons. The van der Waals surface area contributed by atoms with Crippen LogP contribution < -0.4 is 21.7 Å². The molecule has 1 atom stereocenters. The molecule has 28 heavy (non-hydrogen) atoms. The number of benzene rings is 1. The Bertz CT molecular complexity index is 835. The van der Waals surface area contributed by atoms with Crippen molar-refractivity contribution in [1.82, 2.24) is 15.3 Å². The summed E-state index contributed by atoms with van der Waals surface area (Å²) < 4.78 is 4.66. The second-order valence-corrected chi connectivity index (χ2v) is 6.69. The number of aromatic amines is 1. The highest BCUT2D eigenvalue weighted by atomic mass is 16.5. The smallest absolute Gasteiger partial charge is 0.411 e. The first-order valence-corrected chi connectivity index (χ1v) is 9.37. The molecule has 1 aliphatic rings. The Kier molecular flexibility index (Phi) is 6.49. The van der Waals surface area contributed by atoms with E-state index in [-0.39, 0.29) is 11.9 Å². The van der Waals surface area contributed by atoms with Gasteiger partial charge in [-0.25, -0.2) is 9.78 Å². The third-order valence-electron chi connectivity index (χ3n) is 4.61. The first-order valence-electron chi connectivity index (χ1n) is 9.37. The summed E-state index contributed by atoms with van der Waals surface area (Å²) in [5.74, 6) is 0.646. The van der Waals surface area contributed by atoms with E-state index in [2.05, 4.69) is 30.7 Å². The number of H-pyrrole nitrogens is 1. The van der Waals surface area contributed by atoms with Gasteiger partial charge in [0, 0.05) is 36.4 Å². The molecule has 0 saturated heterocycles. The lowest BCUT2D eigenvalue weighted by Gasteiger charge is -2.14. The molecule has 9 heteroatoms. The lowest BCUT2D eigenvalue weighted by molar-refractivity contribution is -0.121. The van der Waals surface area contributed by atoms with Gasteiger partial charge in [0.05, 0.1) is 25.0 Å². The molecule has 0 fully saturated rings. The fourth-order valence-corrected chi connectivity index (χ4v) is 3.05. The highest BCUT2D eigenvalue weighted by Gasteiger charge is 2.16. The second kappa shape index (κ2) is 9.23. The molecule has 1 aromatic heterocycles. The summed E-state index contributed by atoms with van der Waals surface area (Å²) in [6.07, 6.45) is 3.86. The van der Waals surface area contributed by atoms with Gasteiger partial charge < -0.3 is 26.1 Å². The number of rotatable bonds is 1. The van der Waals surface area contributed by atoms with Crippen molar-refractivity contribution in [3.8, 4) is 11.3 Å². The average Bonchev–Trinajstić information content (AvgIpc) is 3.18. The van der Waals surface area contributed by atoms with E-state index in [1.54, 1.807) is 12.3 Å². The number of anilines is 2. The number of amides is 2. The van der Waals surface area contributed by atoms with Crippen LogP contribution in [0.1, 0.15) is 37.5 Å². The van der Waals surface area contributed by atoms with Crippen LogP contribution in [0.15, 0.2) is 24.4 Å². The quantitative estimate of drug-likeness (QED) is 0.511. The zero-order valence-corrected chi connectivity index (χ0v) is 15.9. The summed E-state index contributed by atoms with van der Waals surface area (Å²) in [6, 6.07) is 5.21. The van der Waals surface area contributed by atoms with Crippen LogP contribution in [-0.2, 0) is 9.53 Å². The monoisotopic (exact) mass is 386 g/mol. The van der Waals surface area contributed by atoms with Crippen molar-refractivity contribution in [3.05, 3.63) is 30.2 Å². The van der Waals surface area contributed by atoms with E-state index >= 15 is 0 Å². The number of carbonyl (C=O) groups is 2. The van der Waals surface area contributed by atoms with E-state index in [0.717, 1.165) is 36.3 Å². The van der Waals surface area contributed by atoms with E-state index in [0.29, 0.717) is 30.9 Å². The predicted octanol–water partition coefficient (Wildman–Crippen LogP) is 2.36. The number of carbonyl (C=O) groups excluding carboxylic acids is 2. The molecule has 0 aliphatic carbocycles. The molecule has 150 valence electrons. The summed E-state index contributed by atoms with van der Waals surface area (Å²) in [7, 11) is 1.32. The third kappa shape index (κ3) is 5.01. The summed E-state index contributed by atoms with van der Waals surface area (Å²) >= 11 is 0. The lowest BCUT2D eigenvalue weighted by atomic mass is 10.1. The molecule has 2 bridgehead atoms. The highest BCUT2D eigenvalue weighted by molar-refractivity contribution is 5.88. The minimum absolute atomic E-state index is 0.00636. The number of imidazole rings is 1. The number of nitrogens with one attached hydrogen (secondary N) is 4. The number of nitrogens with two attached hydrogens (primary N) is 1. The van der Waals surface area contributed by atoms with Crippen molar-refractivity contribution in [2.75, 3.05) is 30.8 Å². The van der Waals surface area contributed by atoms with Gasteiger partial charge in [-0.15, -0.1) is 0 Å². The Labute approximate surface area is 163 Å². The van der Waals surface area contributed by atoms with E-state index in [1.165, 1.54) is 7.11 Å². The summed E-state index contributed by atoms with van der Waals surface area (Å²) in [4.78, 5) is 31.0. The normalized spacial score (nSPS) is 17.9. The molecule has 3 rings (SSSR count). The van der Waals surface area contributed by atoms with Gasteiger partial charge in [-0.3, -0.25) is 10.1 Å². The van der Waals surface area contributed by atoms with Crippen molar-refractivity contribution in [2.24, 2.45) is 5.73 Å². The zero-order chi connectivity index (χ0) is 19.9. The molecule has 6 N–H and O–H groups in total. The molecular weight excluding hydrogens is 360 g/mol. The number of aromatic nitrogens is 2. The first kappa shape index (κ1) is 19.7. The van der Waals surface area contributed by atoms with Gasteiger partial charge in [-0.05, 0) is 37.5 Å². The fraction of sp³-hybridized carbons (Fsp3) is 0.421. The summed E-state index contributed by atoms with van der Waals surface area (Å²) in [5.41, 5.74) is 9.41. The molecule has 0 saturated carbocycles. The minimum atomic E-state index is -0.525. The molecule has 1 aliphatic heterocycles. The SMILES string of the molecule is COC(=O)Nc1ccc2c(c1)NCCCCNC(=O)CC[C@H](N)c1ncc-2[nH]1. The molecule has 1 aromatic carbocycles. The topological polar surface area (TPSA) is 134 Å². The van der Waals surface area contributed by atoms with Crippen LogP contribution >= 0.6 is 0 Å². The highest BCUT2D eigenvalue weighted by Crippen LogP contribution is 2.31. The van der Waals surface area contributed by atoms with Crippen LogP contribution in [-0.4, -0.2) is 42.2 Å². The van der Waals surface area contributed by atoms with Crippen LogP contribution in [0.3, 0.4) is 0 Å². The molecule has 2 heterocycles. The number of hydrogen-bond acceptors (Lipinski definition) is 6. The van der Waals surface area contributed by atoms with Crippen molar-refractivity contribution < 1.29 is 14.3 Å². The van der Waals surface area contributed by atoms with Crippen molar-refractivity contribution in [3.63, 3.8) is 0 Å². The maximum atomic E-state index is 11.9. The van der Waals surface area contributed by atoms with Gasteiger partial charge in [-0.1, -0.05) is 0 Å². The van der Waals surface area contributed by atoms with E-state index in [4.69, 9.17) is 5.73 Å². The van der Waals surface area contributed by atoms with Gasteiger partial charge in [0.1, 0.15) is 5.82 Å². The average molecular weight is 386 g/mol. The summed E-state index contributed by atoms with van der Waals surface area (Å²) in [5, 5.41) is 8.99. The first-order chi connectivity index (χ1) is 13.6. The number of nitrogens with zero attached hydrogens (tertiary/aromatic N) is 1.